The van der Waals surface area contributed by atoms with Crippen molar-refractivity contribution in [2.24, 2.45) is 0 Å². The van der Waals surface area contributed by atoms with Crippen LogP contribution in [-0.2, 0) is 25.6 Å². The molecule has 1 aromatic carbocycles. The Morgan fingerprint density at radius 1 is 1.18 bits per heavy atom. The lowest BCUT2D eigenvalue weighted by atomic mass is 9.97. The molecule has 2 aliphatic heterocycles. The number of benzene rings is 1. The predicted octanol–water partition coefficient (Wildman–Crippen LogP) is 0.803. The first-order chi connectivity index (χ1) is 10.4. The molecule has 6 nitrogen and oxygen atoms in total. The van der Waals surface area contributed by atoms with Crippen LogP contribution in [-0.4, -0.2) is 53.3 Å². The molecule has 1 aromatic rings. The third-order valence-corrected chi connectivity index (χ3v) is 3.95. The van der Waals surface area contributed by atoms with Crippen molar-refractivity contribution in [2.75, 3.05) is 13.2 Å². The fourth-order valence-corrected chi connectivity index (χ4v) is 2.82. The van der Waals surface area contributed by atoms with Crippen molar-refractivity contribution >= 4 is 0 Å². The van der Waals surface area contributed by atoms with Crippen molar-refractivity contribution in [3.05, 3.63) is 35.9 Å². The van der Waals surface area contributed by atoms with E-state index in [-0.39, 0.29) is 19.8 Å². The van der Waals surface area contributed by atoms with Crippen molar-refractivity contribution in [3.63, 3.8) is 0 Å². The highest BCUT2D eigenvalue weighted by molar-refractivity contribution is 5.13. The normalized spacial score (nSPS) is 37.5. The average molecular weight is 310 g/mol. The molecule has 22 heavy (non-hydrogen) atoms. The summed E-state index contributed by atoms with van der Waals surface area (Å²) in [5.74, 6) is -2.02. The Balaban J connectivity index is 1.77. The largest absolute Gasteiger partial charge is 0.388 e. The second-order valence-electron chi connectivity index (χ2n) is 6.19. The van der Waals surface area contributed by atoms with Gasteiger partial charge in [0.25, 0.3) is 0 Å². The monoisotopic (exact) mass is 310 g/mol. The van der Waals surface area contributed by atoms with E-state index in [1.165, 1.54) is 0 Å². The quantitative estimate of drug-likeness (QED) is 0.860. The van der Waals surface area contributed by atoms with Crippen LogP contribution in [0.15, 0.2) is 30.3 Å². The van der Waals surface area contributed by atoms with Gasteiger partial charge in [-0.25, -0.2) is 0 Å². The second kappa shape index (κ2) is 5.88. The van der Waals surface area contributed by atoms with Crippen LogP contribution >= 0.6 is 0 Å². The van der Waals surface area contributed by atoms with Gasteiger partial charge in [0, 0.05) is 0 Å². The number of aliphatic hydroxyl groups is 2. The number of ether oxygens (including phenoxy) is 4. The molecule has 122 valence electrons. The molecule has 0 amide bonds. The minimum Gasteiger partial charge on any atom is -0.388 e. The fraction of sp³-hybridized carbons (Fsp3) is 0.625. The minimum atomic E-state index is -1.20. The lowest BCUT2D eigenvalue weighted by Crippen LogP contribution is -2.63. The summed E-state index contributed by atoms with van der Waals surface area (Å²) in [7, 11) is 0. The number of hydrogen-bond acceptors (Lipinski definition) is 6. The maximum absolute atomic E-state index is 10.3. The zero-order chi connectivity index (χ0) is 15.8. The molecule has 6 heteroatoms. The number of rotatable bonds is 3. The van der Waals surface area contributed by atoms with E-state index in [0.717, 1.165) is 5.56 Å². The number of aliphatic hydroxyl groups excluding tert-OH is 2. The van der Waals surface area contributed by atoms with E-state index in [1.54, 1.807) is 13.8 Å². The van der Waals surface area contributed by atoms with Crippen LogP contribution in [0.1, 0.15) is 19.4 Å². The first kappa shape index (κ1) is 15.9. The molecule has 2 aliphatic rings. The fourth-order valence-electron chi connectivity index (χ4n) is 2.82. The standard InChI is InChI=1S/C16H22O6/c1-15(2)21-10-16(22-15)14(13(18)12(17)9-20-16)19-8-11-6-4-3-5-7-11/h3-7,12-14,17-18H,8-10H2,1-2H3/t12-,13-,14+,16+/m1/s1. The molecule has 0 aromatic heterocycles. The van der Waals surface area contributed by atoms with E-state index in [9.17, 15) is 10.2 Å². The average Bonchev–Trinajstić information content (AvgIpc) is 2.81. The van der Waals surface area contributed by atoms with Crippen molar-refractivity contribution in [2.45, 2.75) is 50.3 Å². The van der Waals surface area contributed by atoms with Crippen molar-refractivity contribution < 1.29 is 29.2 Å². The third-order valence-electron chi connectivity index (χ3n) is 3.95. The first-order valence-electron chi connectivity index (χ1n) is 7.42. The van der Waals surface area contributed by atoms with Gasteiger partial charge in [-0.1, -0.05) is 30.3 Å². The van der Waals surface area contributed by atoms with Crippen LogP contribution in [0.5, 0.6) is 0 Å². The zero-order valence-corrected chi connectivity index (χ0v) is 12.8. The van der Waals surface area contributed by atoms with E-state index in [1.807, 2.05) is 30.3 Å². The van der Waals surface area contributed by atoms with Gasteiger partial charge < -0.3 is 29.2 Å². The summed E-state index contributed by atoms with van der Waals surface area (Å²) < 4.78 is 22.9. The van der Waals surface area contributed by atoms with Crippen molar-refractivity contribution in [1.82, 2.24) is 0 Å². The highest BCUT2D eigenvalue weighted by atomic mass is 16.8. The molecular formula is C16H22O6. The molecule has 0 bridgehead atoms. The highest BCUT2D eigenvalue weighted by Crippen LogP contribution is 2.40. The van der Waals surface area contributed by atoms with Gasteiger partial charge in [-0.05, 0) is 19.4 Å². The maximum Gasteiger partial charge on any atom is 0.224 e. The summed E-state index contributed by atoms with van der Waals surface area (Å²) in [6, 6.07) is 9.60. The predicted molar refractivity (Wildman–Crippen MR) is 76.8 cm³/mol. The first-order valence-corrected chi connectivity index (χ1v) is 7.42. The van der Waals surface area contributed by atoms with Gasteiger partial charge >= 0.3 is 0 Å². The topological polar surface area (TPSA) is 77.4 Å². The number of hydrogen-bond donors (Lipinski definition) is 2. The van der Waals surface area contributed by atoms with Crippen LogP contribution < -0.4 is 0 Å². The molecular weight excluding hydrogens is 288 g/mol. The third kappa shape index (κ3) is 3.03. The van der Waals surface area contributed by atoms with Gasteiger partial charge in [-0.15, -0.1) is 0 Å². The van der Waals surface area contributed by atoms with Crippen molar-refractivity contribution in [1.29, 1.82) is 0 Å². The van der Waals surface area contributed by atoms with E-state index in [4.69, 9.17) is 18.9 Å². The van der Waals surface area contributed by atoms with Crippen LogP contribution in [0.3, 0.4) is 0 Å². The van der Waals surface area contributed by atoms with Crippen LogP contribution in [0.4, 0.5) is 0 Å². The van der Waals surface area contributed by atoms with Crippen LogP contribution in [0.2, 0.25) is 0 Å². The Morgan fingerprint density at radius 3 is 2.55 bits per heavy atom. The van der Waals surface area contributed by atoms with Crippen molar-refractivity contribution in [3.8, 4) is 0 Å². The lowest BCUT2D eigenvalue weighted by molar-refractivity contribution is -0.347. The summed E-state index contributed by atoms with van der Waals surface area (Å²) in [6.07, 6.45) is -2.95. The van der Waals surface area contributed by atoms with E-state index < -0.39 is 29.9 Å². The molecule has 2 N–H and O–H groups in total. The molecule has 2 heterocycles. The molecule has 0 saturated carbocycles. The Kier molecular flexibility index (Phi) is 4.24. The molecule has 0 aliphatic carbocycles. The highest BCUT2D eigenvalue weighted by Gasteiger charge is 2.58. The van der Waals surface area contributed by atoms with Gasteiger partial charge in [0.05, 0.1) is 13.2 Å². The van der Waals surface area contributed by atoms with Gasteiger partial charge in [-0.3, -0.25) is 0 Å². The molecule has 3 rings (SSSR count). The summed E-state index contributed by atoms with van der Waals surface area (Å²) >= 11 is 0. The van der Waals surface area contributed by atoms with Gasteiger partial charge in [0.2, 0.25) is 5.79 Å². The van der Waals surface area contributed by atoms with Gasteiger partial charge in [0.1, 0.15) is 24.9 Å². The zero-order valence-electron chi connectivity index (χ0n) is 12.8. The van der Waals surface area contributed by atoms with E-state index in [0.29, 0.717) is 0 Å². The maximum atomic E-state index is 10.3. The molecule has 4 atom stereocenters. The molecule has 2 fully saturated rings. The Hall–Kier alpha value is -1.02. The van der Waals surface area contributed by atoms with E-state index >= 15 is 0 Å². The smallest absolute Gasteiger partial charge is 0.224 e. The Labute approximate surface area is 129 Å². The minimum absolute atomic E-state index is 0.0220. The summed E-state index contributed by atoms with van der Waals surface area (Å²) in [5, 5.41) is 20.2. The SMILES string of the molecule is CC1(C)OC[C@]2(OC[C@@H](O)[C@@H](O)[C@@H]2OCc2ccccc2)O1. The molecule has 0 unspecified atom stereocenters. The summed E-state index contributed by atoms with van der Waals surface area (Å²) in [5.41, 5.74) is 0.961. The molecule has 0 radical (unpaired) electrons. The summed E-state index contributed by atoms with van der Waals surface area (Å²) in [4.78, 5) is 0. The second-order valence-corrected chi connectivity index (χ2v) is 6.19. The summed E-state index contributed by atoms with van der Waals surface area (Å²) in [6.45, 7) is 3.95. The Morgan fingerprint density at radius 2 is 1.91 bits per heavy atom. The van der Waals surface area contributed by atoms with E-state index in [2.05, 4.69) is 0 Å². The molecule has 1 spiro atoms. The molecule has 2 saturated heterocycles. The lowest BCUT2D eigenvalue weighted by Gasteiger charge is -2.44. The van der Waals surface area contributed by atoms with Crippen LogP contribution in [0, 0.1) is 0 Å². The van der Waals surface area contributed by atoms with Gasteiger partial charge in [0.15, 0.2) is 5.79 Å². The Bertz CT molecular complexity index is 505. The van der Waals surface area contributed by atoms with Crippen LogP contribution in [0.25, 0.3) is 0 Å². The van der Waals surface area contributed by atoms with Gasteiger partial charge in [-0.2, -0.15) is 0 Å².